The van der Waals surface area contributed by atoms with Gasteiger partial charge in [0.1, 0.15) is 0 Å². The molecule has 0 fully saturated rings. The second kappa shape index (κ2) is 5.42. The highest BCUT2D eigenvalue weighted by Crippen LogP contribution is 2.35. The molecule has 1 aromatic rings. The number of ether oxygens (including phenoxy) is 2. The van der Waals surface area contributed by atoms with Gasteiger partial charge in [0.05, 0.1) is 14.2 Å². The van der Waals surface area contributed by atoms with Gasteiger partial charge in [-0.1, -0.05) is 11.6 Å². The van der Waals surface area contributed by atoms with Crippen molar-refractivity contribution in [1.82, 2.24) is 0 Å². The summed E-state index contributed by atoms with van der Waals surface area (Å²) in [5, 5.41) is 0.488. The van der Waals surface area contributed by atoms with Crippen molar-refractivity contribution >= 4 is 23.6 Å². The zero-order valence-electron chi connectivity index (χ0n) is 8.99. The molecule has 86 valence electrons. The van der Waals surface area contributed by atoms with E-state index >= 15 is 0 Å². The zero-order chi connectivity index (χ0) is 12.1. The molecular weight excluding hydrogens is 230 g/mol. The third kappa shape index (κ3) is 2.90. The lowest BCUT2D eigenvalue weighted by Gasteiger charge is -2.10. The summed E-state index contributed by atoms with van der Waals surface area (Å²) in [6.07, 6.45) is 2.75. The number of hydrogen-bond donors (Lipinski definition) is 1. The summed E-state index contributed by atoms with van der Waals surface area (Å²) in [6, 6.07) is 3.28. The largest absolute Gasteiger partial charge is 0.493 e. The van der Waals surface area contributed by atoms with Crippen LogP contribution >= 0.6 is 11.6 Å². The lowest BCUT2D eigenvalue weighted by Crippen LogP contribution is -2.05. The van der Waals surface area contributed by atoms with E-state index in [2.05, 4.69) is 0 Å². The van der Waals surface area contributed by atoms with Crippen LogP contribution in [0, 0.1) is 0 Å². The van der Waals surface area contributed by atoms with Crippen LogP contribution in [0.3, 0.4) is 0 Å². The molecule has 0 unspecified atom stereocenters. The first-order valence-corrected chi connectivity index (χ1v) is 4.85. The number of benzene rings is 1. The molecule has 0 saturated heterocycles. The van der Waals surface area contributed by atoms with Gasteiger partial charge in [-0.2, -0.15) is 0 Å². The smallest absolute Gasteiger partial charge is 0.241 e. The fourth-order valence-corrected chi connectivity index (χ4v) is 1.47. The van der Waals surface area contributed by atoms with Gasteiger partial charge in [0.15, 0.2) is 11.5 Å². The lowest BCUT2D eigenvalue weighted by atomic mass is 10.1. The number of hydrogen-bond acceptors (Lipinski definition) is 3. The quantitative estimate of drug-likeness (QED) is 0.819. The number of halogens is 1. The summed E-state index contributed by atoms with van der Waals surface area (Å²) in [5.74, 6) is 0.463. The molecule has 0 radical (unpaired) electrons. The highest BCUT2D eigenvalue weighted by atomic mass is 35.5. The Hall–Kier alpha value is -1.68. The normalized spacial score (nSPS) is 10.4. The van der Waals surface area contributed by atoms with Crippen LogP contribution in [0.1, 0.15) is 5.56 Å². The predicted molar refractivity (Wildman–Crippen MR) is 62.8 cm³/mol. The van der Waals surface area contributed by atoms with E-state index in [9.17, 15) is 4.79 Å². The average Bonchev–Trinajstić information content (AvgIpc) is 2.25. The number of primary amides is 1. The van der Waals surface area contributed by atoms with E-state index in [-0.39, 0.29) is 0 Å². The minimum absolute atomic E-state index is 0.488. The van der Waals surface area contributed by atoms with Crippen molar-refractivity contribution < 1.29 is 14.3 Å². The van der Waals surface area contributed by atoms with E-state index < -0.39 is 5.91 Å². The van der Waals surface area contributed by atoms with Crippen LogP contribution in [0.25, 0.3) is 6.08 Å². The van der Waals surface area contributed by atoms with Crippen molar-refractivity contribution in [2.75, 3.05) is 14.2 Å². The van der Waals surface area contributed by atoms with Crippen molar-refractivity contribution in [1.29, 1.82) is 0 Å². The van der Waals surface area contributed by atoms with Crippen LogP contribution in [-0.2, 0) is 4.79 Å². The van der Waals surface area contributed by atoms with Crippen LogP contribution in [0.2, 0.25) is 5.02 Å². The van der Waals surface area contributed by atoms with E-state index in [1.54, 1.807) is 12.1 Å². The van der Waals surface area contributed by atoms with E-state index in [0.29, 0.717) is 22.1 Å². The Morgan fingerprint density at radius 3 is 2.56 bits per heavy atom. The topological polar surface area (TPSA) is 61.5 Å². The molecule has 0 aliphatic rings. The summed E-state index contributed by atoms with van der Waals surface area (Å²) in [7, 11) is 3.02. The maximum atomic E-state index is 10.6. The molecule has 1 aromatic carbocycles. The SMILES string of the molecule is COc1cc(Cl)cc(/C=C/C(N)=O)c1OC. The van der Waals surface area contributed by atoms with Crippen LogP contribution in [-0.4, -0.2) is 20.1 Å². The fraction of sp³-hybridized carbons (Fsp3) is 0.182. The summed E-state index contributed by atoms with van der Waals surface area (Å²) < 4.78 is 10.3. The van der Waals surface area contributed by atoms with Gasteiger partial charge in [0, 0.05) is 22.7 Å². The Morgan fingerprint density at radius 1 is 1.38 bits per heavy atom. The second-order valence-corrected chi connectivity index (χ2v) is 3.40. The second-order valence-electron chi connectivity index (χ2n) is 2.97. The molecule has 0 saturated carbocycles. The number of carbonyl (C=O) groups is 1. The summed E-state index contributed by atoms with van der Waals surface area (Å²) in [5.41, 5.74) is 5.64. The van der Waals surface area contributed by atoms with E-state index in [0.717, 1.165) is 0 Å². The molecule has 1 rings (SSSR count). The Bertz CT molecular complexity index is 429. The Morgan fingerprint density at radius 2 is 2.06 bits per heavy atom. The monoisotopic (exact) mass is 241 g/mol. The first-order valence-electron chi connectivity index (χ1n) is 4.47. The van der Waals surface area contributed by atoms with Crippen LogP contribution < -0.4 is 15.2 Å². The third-order valence-corrected chi connectivity index (χ3v) is 2.12. The van der Waals surface area contributed by atoms with Gasteiger partial charge in [-0.15, -0.1) is 0 Å². The molecule has 5 heteroatoms. The number of nitrogens with two attached hydrogens (primary N) is 1. The summed E-state index contributed by atoms with van der Waals surface area (Å²) in [4.78, 5) is 10.6. The van der Waals surface area contributed by atoms with Gasteiger partial charge in [-0.25, -0.2) is 0 Å². The minimum Gasteiger partial charge on any atom is -0.493 e. The van der Waals surface area contributed by atoms with Crippen molar-refractivity contribution in [2.45, 2.75) is 0 Å². The highest BCUT2D eigenvalue weighted by Gasteiger charge is 2.09. The van der Waals surface area contributed by atoms with Gasteiger partial charge in [-0.05, 0) is 12.1 Å². The molecule has 0 atom stereocenters. The summed E-state index contributed by atoms with van der Waals surface area (Å²) >= 11 is 5.89. The Balaban J connectivity index is 3.25. The average molecular weight is 242 g/mol. The molecule has 2 N–H and O–H groups in total. The van der Waals surface area contributed by atoms with E-state index in [1.165, 1.54) is 26.4 Å². The Kier molecular flexibility index (Phi) is 4.19. The van der Waals surface area contributed by atoms with Gasteiger partial charge < -0.3 is 15.2 Å². The number of rotatable bonds is 4. The first kappa shape index (κ1) is 12.4. The lowest BCUT2D eigenvalue weighted by molar-refractivity contribution is -0.113. The number of carbonyl (C=O) groups excluding carboxylic acids is 1. The maximum absolute atomic E-state index is 10.6. The minimum atomic E-state index is -0.541. The van der Waals surface area contributed by atoms with Crippen molar-refractivity contribution in [3.63, 3.8) is 0 Å². The van der Waals surface area contributed by atoms with Gasteiger partial charge in [0.2, 0.25) is 5.91 Å². The van der Waals surface area contributed by atoms with Crippen molar-refractivity contribution in [2.24, 2.45) is 5.73 Å². The molecule has 1 amide bonds. The molecule has 0 aromatic heterocycles. The van der Waals surface area contributed by atoms with Crippen LogP contribution in [0.5, 0.6) is 11.5 Å². The molecule has 0 aliphatic heterocycles. The zero-order valence-corrected chi connectivity index (χ0v) is 9.75. The molecule has 0 bridgehead atoms. The molecule has 4 nitrogen and oxygen atoms in total. The van der Waals surface area contributed by atoms with Gasteiger partial charge in [0.25, 0.3) is 0 Å². The molecule has 16 heavy (non-hydrogen) atoms. The fourth-order valence-electron chi connectivity index (χ4n) is 1.25. The van der Waals surface area contributed by atoms with Crippen LogP contribution in [0.4, 0.5) is 0 Å². The van der Waals surface area contributed by atoms with E-state index in [1.807, 2.05) is 0 Å². The van der Waals surface area contributed by atoms with Crippen molar-refractivity contribution in [3.05, 3.63) is 28.8 Å². The highest BCUT2D eigenvalue weighted by molar-refractivity contribution is 6.31. The van der Waals surface area contributed by atoms with Crippen molar-refractivity contribution in [3.8, 4) is 11.5 Å². The molecule has 0 aliphatic carbocycles. The standard InChI is InChI=1S/C11H12ClNO3/c1-15-9-6-8(12)5-7(11(9)16-2)3-4-10(13)14/h3-6H,1-2H3,(H2,13,14)/b4-3+. The van der Waals surface area contributed by atoms with Gasteiger partial charge in [-0.3, -0.25) is 4.79 Å². The third-order valence-electron chi connectivity index (χ3n) is 1.90. The molecule has 0 spiro atoms. The predicted octanol–water partition coefficient (Wildman–Crippen LogP) is 1.86. The first-order chi connectivity index (χ1) is 7.58. The maximum Gasteiger partial charge on any atom is 0.241 e. The molecule has 0 heterocycles. The molecular formula is C11H12ClNO3. The number of amides is 1. The van der Waals surface area contributed by atoms with E-state index in [4.69, 9.17) is 26.8 Å². The summed E-state index contributed by atoms with van der Waals surface area (Å²) in [6.45, 7) is 0. The van der Waals surface area contributed by atoms with Crippen LogP contribution in [0.15, 0.2) is 18.2 Å². The number of methoxy groups -OCH3 is 2. The van der Waals surface area contributed by atoms with Gasteiger partial charge >= 0.3 is 0 Å². The Labute approximate surface area is 98.6 Å².